The van der Waals surface area contributed by atoms with E-state index in [0.29, 0.717) is 5.54 Å². The van der Waals surface area contributed by atoms with Gasteiger partial charge in [0.25, 0.3) is 0 Å². The second-order valence-corrected chi connectivity index (χ2v) is 6.11. The normalized spacial score (nSPS) is 28.8. The first kappa shape index (κ1) is 14.5. The Morgan fingerprint density at radius 1 is 1.41 bits per heavy atom. The van der Waals surface area contributed by atoms with Crippen molar-refractivity contribution in [2.75, 3.05) is 0 Å². The van der Waals surface area contributed by atoms with Gasteiger partial charge in [0.2, 0.25) is 0 Å². The van der Waals surface area contributed by atoms with Gasteiger partial charge in [0.15, 0.2) is 0 Å². The van der Waals surface area contributed by atoms with E-state index < -0.39 is 0 Å². The average Bonchev–Trinajstić information content (AvgIpc) is 2.29. The fraction of sp³-hybridized carbons (Fsp3) is 0.688. The summed E-state index contributed by atoms with van der Waals surface area (Å²) in [6.45, 7) is 11.0. The topological polar surface area (TPSA) is 16.6 Å². The number of hydrogen-bond donors (Lipinski definition) is 1. The van der Waals surface area contributed by atoms with E-state index in [1.54, 1.807) is 0 Å². The third-order valence-electron chi connectivity index (χ3n) is 4.22. The molecular formula is C16H29N. The lowest BCUT2D eigenvalue weighted by Gasteiger charge is -2.37. The van der Waals surface area contributed by atoms with Gasteiger partial charge in [0.05, 0.1) is 5.54 Å². The quantitative estimate of drug-likeness (QED) is 0.554. The molecule has 98 valence electrons. The summed E-state index contributed by atoms with van der Waals surface area (Å²) in [5.74, 6) is 0.758. The molecule has 0 bridgehead atoms. The lowest BCUT2D eigenvalue weighted by molar-refractivity contribution is -0.676. The Morgan fingerprint density at radius 2 is 2.00 bits per heavy atom. The molecule has 0 saturated heterocycles. The molecule has 0 aliphatic heterocycles. The van der Waals surface area contributed by atoms with E-state index in [2.05, 4.69) is 45.8 Å². The van der Waals surface area contributed by atoms with Crippen molar-refractivity contribution in [3.05, 3.63) is 30.8 Å². The van der Waals surface area contributed by atoms with Gasteiger partial charge in [-0.1, -0.05) is 23.8 Å². The Morgan fingerprint density at radius 3 is 2.47 bits per heavy atom. The standard InChI is InChI=1S/C16H29N/c1-13(2)7-6-8-14(3)15-9-11-16(4,17-5)12-10-15/h7,15H,3,5-6,8-12,17H2,1-2,4H3. The highest BCUT2D eigenvalue weighted by Gasteiger charge is 2.31. The molecule has 0 aromatic carbocycles. The molecule has 1 nitrogen and oxygen atoms in total. The minimum atomic E-state index is 0.386. The summed E-state index contributed by atoms with van der Waals surface area (Å²) in [5, 5.41) is 2.15. The maximum Gasteiger partial charge on any atom is 0.0695 e. The van der Waals surface area contributed by atoms with Crippen LogP contribution < -0.4 is 5.32 Å². The van der Waals surface area contributed by atoms with E-state index in [-0.39, 0.29) is 0 Å². The minimum absolute atomic E-state index is 0.386. The molecule has 17 heavy (non-hydrogen) atoms. The van der Waals surface area contributed by atoms with Crippen molar-refractivity contribution in [1.82, 2.24) is 0 Å². The van der Waals surface area contributed by atoms with Gasteiger partial charge >= 0.3 is 0 Å². The molecule has 0 amide bonds. The zero-order valence-corrected chi connectivity index (χ0v) is 11.9. The smallest absolute Gasteiger partial charge is 0.0695 e. The van der Waals surface area contributed by atoms with E-state index in [1.165, 1.54) is 43.3 Å². The molecule has 1 rings (SSSR count). The van der Waals surface area contributed by atoms with Crippen molar-refractivity contribution in [2.45, 2.75) is 64.8 Å². The van der Waals surface area contributed by atoms with E-state index in [9.17, 15) is 0 Å². The first-order chi connectivity index (χ1) is 7.97. The maximum atomic E-state index is 4.29. The highest BCUT2D eigenvalue weighted by atomic mass is 14.9. The third-order valence-corrected chi connectivity index (χ3v) is 4.22. The Labute approximate surface area is 107 Å². The Bertz CT molecular complexity index is 276. The van der Waals surface area contributed by atoms with Gasteiger partial charge in [-0.25, -0.2) is 0 Å². The molecule has 1 fully saturated rings. The third kappa shape index (κ3) is 4.67. The highest BCUT2D eigenvalue weighted by molar-refractivity contribution is 5.06. The van der Waals surface area contributed by atoms with Crippen LogP contribution in [0.5, 0.6) is 0 Å². The van der Waals surface area contributed by atoms with Crippen LogP contribution in [0, 0.1) is 13.0 Å². The Balaban J connectivity index is 2.33. The van der Waals surface area contributed by atoms with E-state index in [4.69, 9.17) is 0 Å². The second kappa shape index (κ2) is 6.39. The van der Waals surface area contributed by atoms with Crippen LogP contribution in [0.25, 0.3) is 0 Å². The molecule has 1 aliphatic carbocycles. The predicted octanol–water partition coefficient (Wildman–Crippen LogP) is 3.59. The van der Waals surface area contributed by atoms with Crippen LogP contribution in [-0.2, 0) is 0 Å². The zero-order valence-electron chi connectivity index (χ0n) is 11.9. The van der Waals surface area contributed by atoms with Crippen LogP contribution in [0.3, 0.4) is 0 Å². The molecule has 1 aliphatic rings. The fourth-order valence-corrected chi connectivity index (χ4v) is 2.64. The summed E-state index contributed by atoms with van der Waals surface area (Å²) >= 11 is 0. The van der Waals surface area contributed by atoms with Crippen molar-refractivity contribution in [1.29, 1.82) is 0 Å². The summed E-state index contributed by atoms with van der Waals surface area (Å²) in [7, 11) is 3.96. The average molecular weight is 235 g/mol. The molecule has 0 aromatic heterocycles. The Hall–Kier alpha value is -0.560. The molecule has 0 unspecified atom stereocenters. The van der Waals surface area contributed by atoms with Gasteiger partial charge in [-0.2, -0.15) is 7.05 Å². The summed E-state index contributed by atoms with van der Waals surface area (Å²) < 4.78 is 0. The van der Waals surface area contributed by atoms with Gasteiger partial charge in [0, 0.05) is 12.8 Å². The summed E-state index contributed by atoms with van der Waals surface area (Å²) in [4.78, 5) is 0. The number of nitrogens with two attached hydrogens (primary N) is 1. The lowest BCUT2D eigenvalue weighted by atomic mass is 9.74. The van der Waals surface area contributed by atoms with Crippen molar-refractivity contribution in [2.24, 2.45) is 5.92 Å². The molecule has 1 heteroatoms. The van der Waals surface area contributed by atoms with Crippen LogP contribution in [0.2, 0.25) is 0 Å². The molecular weight excluding hydrogens is 206 g/mol. The Kier molecular flexibility index (Phi) is 5.45. The first-order valence-electron chi connectivity index (χ1n) is 6.91. The van der Waals surface area contributed by atoms with Crippen LogP contribution >= 0.6 is 0 Å². The SMILES string of the molecule is C=C(CCC=C(C)C)C1CCC(C)([NH2+][CH2-])CC1. The van der Waals surface area contributed by atoms with E-state index in [1.807, 2.05) is 0 Å². The van der Waals surface area contributed by atoms with Crippen molar-refractivity contribution in [3.8, 4) is 0 Å². The monoisotopic (exact) mass is 235 g/mol. The van der Waals surface area contributed by atoms with Gasteiger partial charge in [-0.3, -0.25) is 0 Å². The second-order valence-electron chi connectivity index (χ2n) is 6.11. The largest absolute Gasteiger partial charge is 0.474 e. The molecule has 0 aromatic rings. The maximum absolute atomic E-state index is 4.29. The van der Waals surface area contributed by atoms with Crippen molar-refractivity contribution < 1.29 is 5.32 Å². The molecule has 0 atom stereocenters. The number of quaternary nitrogens is 1. The van der Waals surface area contributed by atoms with Crippen molar-refractivity contribution in [3.63, 3.8) is 0 Å². The number of rotatable bonds is 5. The van der Waals surface area contributed by atoms with Crippen LogP contribution in [0.1, 0.15) is 59.3 Å². The van der Waals surface area contributed by atoms with E-state index in [0.717, 1.165) is 12.3 Å². The van der Waals surface area contributed by atoms with Gasteiger partial charge < -0.3 is 5.32 Å². The number of hydrogen-bond acceptors (Lipinski definition) is 0. The molecule has 0 spiro atoms. The molecule has 0 radical (unpaired) electrons. The molecule has 1 saturated carbocycles. The van der Waals surface area contributed by atoms with E-state index >= 15 is 0 Å². The number of allylic oxidation sites excluding steroid dienone is 3. The lowest BCUT2D eigenvalue weighted by Crippen LogP contribution is -2.91. The first-order valence-corrected chi connectivity index (χ1v) is 6.91. The zero-order chi connectivity index (χ0) is 12.9. The fourth-order valence-electron chi connectivity index (χ4n) is 2.64. The van der Waals surface area contributed by atoms with Gasteiger partial charge in [0.1, 0.15) is 0 Å². The van der Waals surface area contributed by atoms with Crippen LogP contribution in [0.15, 0.2) is 23.8 Å². The highest BCUT2D eigenvalue weighted by Crippen LogP contribution is 2.34. The summed E-state index contributed by atoms with van der Waals surface area (Å²) in [6, 6.07) is 0. The minimum Gasteiger partial charge on any atom is -0.474 e. The predicted molar refractivity (Wildman–Crippen MR) is 75.5 cm³/mol. The summed E-state index contributed by atoms with van der Waals surface area (Å²) in [6.07, 6.45) is 9.82. The van der Waals surface area contributed by atoms with Crippen molar-refractivity contribution >= 4 is 0 Å². The molecule has 2 N–H and O–H groups in total. The van der Waals surface area contributed by atoms with Gasteiger partial charge in [-0.05, 0) is 52.4 Å². The van der Waals surface area contributed by atoms with Crippen LogP contribution in [0.4, 0.5) is 0 Å². The van der Waals surface area contributed by atoms with Gasteiger partial charge in [-0.15, -0.1) is 0 Å². The van der Waals surface area contributed by atoms with Crippen LogP contribution in [-0.4, -0.2) is 5.54 Å². The molecule has 0 heterocycles. The summed E-state index contributed by atoms with van der Waals surface area (Å²) in [5.41, 5.74) is 3.27.